The summed E-state index contributed by atoms with van der Waals surface area (Å²) in [6.45, 7) is 0.109. The Labute approximate surface area is 130 Å². The zero-order valence-corrected chi connectivity index (χ0v) is 13.4. The lowest BCUT2D eigenvalue weighted by Gasteiger charge is -2.20. The Kier molecular flexibility index (Phi) is 5.67. The molecule has 1 fully saturated rings. The molecule has 0 spiro atoms. The summed E-state index contributed by atoms with van der Waals surface area (Å²) in [5.41, 5.74) is 0.803. The average Bonchev–Trinajstić information content (AvgIpc) is 3.01. The van der Waals surface area contributed by atoms with Crippen LogP contribution in [0, 0.1) is 5.92 Å². The first-order chi connectivity index (χ1) is 10.1. The number of thioether (sulfide) groups is 1. The number of hydrogen-bond acceptors (Lipinski definition) is 3. The van der Waals surface area contributed by atoms with Crippen molar-refractivity contribution in [1.82, 2.24) is 4.90 Å². The molecule has 0 saturated heterocycles. The molecule has 1 aliphatic carbocycles. The molecule has 0 aliphatic heterocycles. The van der Waals surface area contributed by atoms with E-state index in [0.29, 0.717) is 0 Å². The SMILES string of the molecule is CSc1ccccc1NC(=O)CN(C)C(=O)C1CCCC1. The number of amides is 2. The first-order valence-corrected chi connectivity index (χ1v) is 8.52. The first-order valence-electron chi connectivity index (χ1n) is 7.29. The third kappa shape index (κ3) is 4.24. The number of benzene rings is 1. The Hall–Kier alpha value is -1.49. The third-order valence-corrected chi connectivity index (χ3v) is 4.64. The van der Waals surface area contributed by atoms with Gasteiger partial charge in [0.2, 0.25) is 11.8 Å². The van der Waals surface area contributed by atoms with E-state index in [9.17, 15) is 9.59 Å². The van der Waals surface area contributed by atoms with Crippen molar-refractivity contribution in [3.8, 4) is 0 Å². The molecular weight excluding hydrogens is 284 g/mol. The van der Waals surface area contributed by atoms with Gasteiger partial charge in [-0.1, -0.05) is 25.0 Å². The first kappa shape index (κ1) is 15.9. The van der Waals surface area contributed by atoms with Gasteiger partial charge in [0.15, 0.2) is 0 Å². The number of rotatable bonds is 5. The molecule has 0 heterocycles. The van der Waals surface area contributed by atoms with E-state index in [1.54, 1.807) is 23.7 Å². The lowest BCUT2D eigenvalue weighted by atomic mass is 10.1. The molecule has 5 heteroatoms. The fourth-order valence-corrected chi connectivity index (χ4v) is 3.27. The summed E-state index contributed by atoms with van der Waals surface area (Å²) in [7, 11) is 1.71. The van der Waals surface area contributed by atoms with Gasteiger partial charge in [-0.05, 0) is 31.2 Å². The molecule has 21 heavy (non-hydrogen) atoms. The van der Waals surface area contributed by atoms with Crippen molar-refractivity contribution in [3.63, 3.8) is 0 Å². The zero-order valence-electron chi connectivity index (χ0n) is 12.6. The number of nitrogens with one attached hydrogen (secondary N) is 1. The van der Waals surface area contributed by atoms with Gasteiger partial charge in [0.1, 0.15) is 0 Å². The summed E-state index contributed by atoms with van der Waals surface area (Å²) in [6.07, 6.45) is 6.13. The highest BCUT2D eigenvalue weighted by Crippen LogP contribution is 2.26. The Morgan fingerprint density at radius 3 is 2.62 bits per heavy atom. The lowest BCUT2D eigenvalue weighted by molar-refractivity contribution is -0.136. The van der Waals surface area contributed by atoms with Gasteiger partial charge in [-0.25, -0.2) is 0 Å². The minimum Gasteiger partial charge on any atom is -0.336 e. The fourth-order valence-electron chi connectivity index (χ4n) is 2.72. The van der Waals surface area contributed by atoms with Crippen LogP contribution >= 0.6 is 11.8 Å². The zero-order chi connectivity index (χ0) is 15.2. The van der Waals surface area contributed by atoms with Crippen molar-refractivity contribution in [3.05, 3.63) is 24.3 Å². The molecule has 0 radical (unpaired) electrons. The summed E-state index contributed by atoms with van der Waals surface area (Å²) in [4.78, 5) is 26.9. The molecular formula is C16H22N2O2S. The van der Waals surface area contributed by atoms with Gasteiger partial charge < -0.3 is 10.2 Å². The Balaban J connectivity index is 1.90. The van der Waals surface area contributed by atoms with Gasteiger partial charge in [0.05, 0.1) is 12.2 Å². The molecule has 4 nitrogen and oxygen atoms in total. The highest BCUT2D eigenvalue weighted by atomic mass is 32.2. The van der Waals surface area contributed by atoms with Crippen LogP contribution in [0.4, 0.5) is 5.69 Å². The number of carbonyl (C=O) groups is 2. The highest BCUT2D eigenvalue weighted by molar-refractivity contribution is 7.98. The van der Waals surface area contributed by atoms with Crippen molar-refractivity contribution in [2.45, 2.75) is 30.6 Å². The predicted molar refractivity (Wildman–Crippen MR) is 86.4 cm³/mol. The normalized spacial score (nSPS) is 15.0. The minimum absolute atomic E-state index is 0.0980. The van der Waals surface area contributed by atoms with Crippen LogP contribution in [0.15, 0.2) is 29.2 Å². The topological polar surface area (TPSA) is 49.4 Å². The van der Waals surface area contributed by atoms with Crippen molar-refractivity contribution < 1.29 is 9.59 Å². The lowest BCUT2D eigenvalue weighted by Crippen LogP contribution is -2.38. The van der Waals surface area contributed by atoms with Gasteiger partial charge in [-0.15, -0.1) is 11.8 Å². The van der Waals surface area contributed by atoms with E-state index in [0.717, 1.165) is 36.3 Å². The second-order valence-electron chi connectivity index (χ2n) is 5.42. The molecule has 0 atom stereocenters. The quantitative estimate of drug-likeness (QED) is 0.851. The Morgan fingerprint density at radius 2 is 1.95 bits per heavy atom. The predicted octanol–water partition coefficient (Wildman–Crippen LogP) is 3.00. The van der Waals surface area contributed by atoms with Crippen molar-refractivity contribution >= 4 is 29.3 Å². The summed E-state index contributed by atoms with van der Waals surface area (Å²) in [5, 5.41) is 2.88. The van der Waals surface area contributed by atoms with E-state index in [2.05, 4.69) is 5.32 Å². The van der Waals surface area contributed by atoms with Crippen molar-refractivity contribution in [2.24, 2.45) is 5.92 Å². The van der Waals surface area contributed by atoms with Crippen LogP contribution in [-0.4, -0.2) is 36.6 Å². The molecule has 2 amide bonds. The summed E-state index contributed by atoms with van der Waals surface area (Å²) in [6, 6.07) is 7.68. The van der Waals surface area contributed by atoms with Crippen LogP contribution in [0.25, 0.3) is 0 Å². The highest BCUT2D eigenvalue weighted by Gasteiger charge is 2.26. The molecule has 114 valence electrons. The minimum atomic E-state index is -0.148. The standard InChI is InChI=1S/C16H22N2O2S/c1-18(16(20)12-7-3-4-8-12)11-15(19)17-13-9-5-6-10-14(13)21-2/h5-6,9-10,12H,3-4,7-8,11H2,1-2H3,(H,17,19). The Morgan fingerprint density at radius 1 is 1.29 bits per heavy atom. The maximum Gasteiger partial charge on any atom is 0.244 e. The van der Waals surface area contributed by atoms with Gasteiger partial charge in [-0.3, -0.25) is 9.59 Å². The molecule has 1 saturated carbocycles. The maximum absolute atomic E-state index is 12.2. The van der Waals surface area contributed by atoms with Gasteiger partial charge in [-0.2, -0.15) is 0 Å². The van der Waals surface area contributed by atoms with E-state index in [1.807, 2.05) is 30.5 Å². The van der Waals surface area contributed by atoms with Crippen molar-refractivity contribution in [2.75, 3.05) is 25.2 Å². The molecule has 0 aromatic heterocycles. The summed E-state index contributed by atoms with van der Waals surface area (Å²) in [5.74, 6) is 0.0624. The summed E-state index contributed by atoms with van der Waals surface area (Å²) >= 11 is 1.59. The van der Waals surface area contributed by atoms with Crippen LogP contribution in [-0.2, 0) is 9.59 Å². The molecule has 2 rings (SSSR count). The number of nitrogens with zero attached hydrogens (tertiary/aromatic N) is 1. The van der Waals surface area contributed by atoms with E-state index < -0.39 is 0 Å². The molecule has 1 N–H and O–H groups in total. The number of likely N-dealkylation sites (N-methyl/N-ethyl adjacent to an activating group) is 1. The van der Waals surface area contributed by atoms with Crippen LogP contribution < -0.4 is 5.32 Å². The second-order valence-corrected chi connectivity index (χ2v) is 6.27. The van der Waals surface area contributed by atoms with Crippen LogP contribution in [0.2, 0.25) is 0 Å². The van der Waals surface area contributed by atoms with E-state index in [1.165, 1.54) is 0 Å². The molecule has 0 unspecified atom stereocenters. The largest absolute Gasteiger partial charge is 0.336 e. The van der Waals surface area contributed by atoms with E-state index in [-0.39, 0.29) is 24.3 Å². The number of hydrogen-bond donors (Lipinski definition) is 1. The van der Waals surface area contributed by atoms with Crippen LogP contribution in [0.5, 0.6) is 0 Å². The molecule has 1 aliphatic rings. The van der Waals surface area contributed by atoms with Crippen LogP contribution in [0.3, 0.4) is 0 Å². The number of anilines is 1. The third-order valence-electron chi connectivity index (χ3n) is 3.84. The molecule has 1 aromatic rings. The second kappa shape index (κ2) is 7.50. The van der Waals surface area contributed by atoms with Gasteiger partial charge in [0.25, 0.3) is 0 Å². The van der Waals surface area contributed by atoms with Crippen molar-refractivity contribution in [1.29, 1.82) is 0 Å². The van der Waals surface area contributed by atoms with Gasteiger partial charge in [0, 0.05) is 17.9 Å². The van der Waals surface area contributed by atoms with E-state index >= 15 is 0 Å². The maximum atomic E-state index is 12.2. The van der Waals surface area contributed by atoms with E-state index in [4.69, 9.17) is 0 Å². The molecule has 1 aromatic carbocycles. The fraction of sp³-hybridized carbons (Fsp3) is 0.500. The van der Waals surface area contributed by atoms with Crippen LogP contribution in [0.1, 0.15) is 25.7 Å². The smallest absolute Gasteiger partial charge is 0.244 e. The number of para-hydroxylation sites is 1. The Bertz CT molecular complexity index is 513. The average molecular weight is 306 g/mol. The molecule has 0 bridgehead atoms. The monoisotopic (exact) mass is 306 g/mol. The summed E-state index contributed by atoms with van der Waals surface area (Å²) < 4.78 is 0. The van der Waals surface area contributed by atoms with Gasteiger partial charge >= 0.3 is 0 Å². The number of carbonyl (C=O) groups excluding carboxylic acids is 2.